The summed E-state index contributed by atoms with van der Waals surface area (Å²) in [5.41, 5.74) is 12.9. The molecule has 68 heavy (non-hydrogen) atoms. The van der Waals surface area contributed by atoms with Gasteiger partial charge in [0.05, 0.1) is 0 Å². The maximum Gasteiger partial charge on any atom is -0.000718 e. The van der Waals surface area contributed by atoms with Gasteiger partial charge in [0.2, 0.25) is 0 Å². The highest BCUT2D eigenvalue weighted by atomic mass is 14.3. The van der Waals surface area contributed by atoms with E-state index in [9.17, 15) is 0 Å². The van der Waals surface area contributed by atoms with Crippen molar-refractivity contribution in [3.8, 4) is 55.6 Å². The van der Waals surface area contributed by atoms with Gasteiger partial charge in [0.25, 0.3) is 0 Å². The third-order valence-corrected chi connectivity index (χ3v) is 16.2. The Hall–Kier alpha value is -8.84. The van der Waals surface area contributed by atoms with Crippen molar-refractivity contribution in [1.29, 1.82) is 0 Å². The lowest BCUT2D eigenvalue weighted by molar-refractivity contribution is 1.61. The second-order valence-corrected chi connectivity index (χ2v) is 19.3. The fraction of sp³-hybridized carbons (Fsp3) is 0. The average Bonchev–Trinajstić information content (AvgIpc) is 4.02. The molecule has 16 aromatic rings. The highest BCUT2D eigenvalue weighted by molar-refractivity contribution is 6.47. The topological polar surface area (TPSA) is 0 Å². The molecule has 0 amide bonds. The van der Waals surface area contributed by atoms with E-state index < -0.39 is 0 Å². The van der Waals surface area contributed by atoms with Crippen molar-refractivity contribution < 1.29 is 0 Å². The predicted octanol–water partition coefficient (Wildman–Crippen LogP) is 19.3. The quantitative estimate of drug-likeness (QED) is 0.123. The van der Waals surface area contributed by atoms with Crippen molar-refractivity contribution >= 4 is 118 Å². The second-order valence-electron chi connectivity index (χ2n) is 19.3. The Bertz CT molecular complexity index is 4760. The lowest BCUT2D eigenvalue weighted by Crippen LogP contribution is -1.92. The van der Waals surface area contributed by atoms with E-state index in [-0.39, 0.29) is 0 Å². The zero-order valence-electron chi connectivity index (χ0n) is 36.8. The van der Waals surface area contributed by atoms with Gasteiger partial charge in [-0.1, -0.05) is 194 Å². The lowest BCUT2D eigenvalue weighted by Gasteiger charge is -2.19. The highest BCUT2D eigenvalue weighted by Gasteiger charge is 2.30. The van der Waals surface area contributed by atoms with Crippen LogP contribution in [-0.2, 0) is 0 Å². The van der Waals surface area contributed by atoms with E-state index in [1.807, 2.05) is 0 Å². The minimum Gasteiger partial charge on any atom is -0.0622 e. The summed E-state index contributed by atoms with van der Waals surface area (Å²) in [7, 11) is 0. The number of hydrogen-bond donors (Lipinski definition) is 0. The first-order valence-electron chi connectivity index (χ1n) is 23.9. The minimum atomic E-state index is 1.22. The number of benzene rings is 14. The van der Waals surface area contributed by atoms with Gasteiger partial charge in [-0.3, -0.25) is 0 Å². The Morgan fingerprint density at radius 3 is 1.19 bits per heavy atom. The molecule has 16 aromatic carbocycles. The standard InChI is InChI=1S/C68H36/c1-3-13-37(14-4-1)42-21-9-10-22-43(42)65-59-36-57-45-24-12-20-38-19-11-23-44(60(38)45)56(57)35-58(59)61(39-15-5-2-6-16-39)67-52-31-29-48-46-25-27-50-54-33-40-17-7-8-18-41(40)34-55(54)51-28-26-47(62(46)64(50)51)49-30-32-53(68(65)67)66(52)63(48)49/h1-36H. The SMILES string of the molecule is c1ccc(-c2ccccc2-c2c3cc4c(cc3c(-c3ccccc3)c3c5ccc6c7ccc8c9c(ccc(c%10ccc(c23)c5c6%10)c97)-c2cc3ccccc3cc2-8)c2cccc3cccc4c32)cc1. The molecule has 0 saturated heterocycles. The van der Waals surface area contributed by atoms with Crippen LogP contribution in [-0.4, -0.2) is 0 Å². The zero-order valence-corrected chi connectivity index (χ0v) is 36.8. The molecule has 0 fully saturated rings. The van der Waals surface area contributed by atoms with Crippen molar-refractivity contribution in [2.75, 3.05) is 0 Å². The van der Waals surface area contributed by atoms with Crippen molar-refractivity contribution in [3.05, 3.63) is 218 Å². The first kappa shape index (κ1) is 35.4. The molecule has 0 bridgehead atoms. The van der Waals surface area contributed by atoms with Gasteiger partial charge in [0.15, 0.2) is 0 Å². The molecule has 0 radical (unpaired) electrons. The predicted molar refractivity (Wildman–Crippen MR) is 293 cm³/mol. The van der Waals surface area contributed by atoms with Crippen LogP contribution in [0.4, 0.5) is 0 Å². The van der Waals surface area contributed by atoms with E-state index in [4.69, 9.17) is 0 Å². The molecular weight excluding hydrogens is 817 g/mol. The van der Waals surface area contributed by atoms with Crippen LogP contribution in [0.5, 0.6) is 0 Å². The van der Waals surface area contributed by atoms with E-state index in [0.717, 1.165) is 0 Å². The summed E-state index contributed by atoms with van der Waals surface area (Å²) in [5, 5.41) is 29.1. The highest BCUT2D eigenvalue weighted by Crippen LogP contribution is 2.58. The molecule has 0 N–H and O–H groups in total. The van der Waals surface area contributed by atoms with Crippen LogP contribution >= 0.6 is 0 Å². The monoisotopic (exact) mass is 852 g/mol. The van der Waals surface area contributed by atoms with Crippen molar-refractivity contribution in [2.24, 2.45) is 0 Å². The molecule has 308 valence electrons. The summed E-state index contributed by atoms with van der Waals surface area (Å²) in [6.45, 7) is 0. The van der Waals surface area contributed by atoms with Gasteiger partial charge in [-0.15, -0.1) is 0 Å². The minimum absolute atomic E-state index is 1.22. The van der Waals surface area contributed by atoms with Crippen LogP contribution in [0.2, 0.25) is 0 Å². The summed E-state index contributed by atoms with van der Waals surface area (Å²) >= 11 is 0. The Morgan fingerprint density at radius 1 is 0.162 bits per heavy atom. The third-order valence-electron chi connectivity index (χ3n) is 16.2. The van der Waals surface area contributed by atoms with E-state index in [1.54, 1.807) is 0 Å². The van der Waals surface area contributed by atoms with Crippen LogP contribution in [0.3, 0.4) is 0 Å². The Morgan fingerprint density at radius 2 is 0.588 bits per heavy atom. The lowest BCUT2D eigenvalue weighted by atomic mass is 9.83. The molecule has 0 atom stereocenters. The van der Waals surface area contributed by atoms with Crippen molar-refractivity contribution in [3.63, 3.8) is 0 Å². The van der Waals surface area contributed by atoms with Crippen LogP contribution in [0.25, 0.3) is 174 Å². The van der Waals surface area contributed by atoms with Gasteiger partial charge in [-0.25, -0.2) is 0 Å². The Labute approximate surface area is 390 Å². The third kappa shape index (κ3) is 4.28. The molecular formula is C68H36. The van der Waals surface area contributed by atoms with E-state index >= 15 is 0 Å². The molecule has 0 nitrogen and oxygen atoms in total. The first-order valence-corrected chi connectivity index (χ1v) is 23.9. The molecule has 0 aromatic heterocycles. The molecule has 1 aliphatic rings. The smallest absolute Gasteiger partial charge is 0.000718 e. The summed E-state index contributed by atoms with van der Waals surface area (Å²) in [4.78, 5) is 0. The van der Waals surface area contributed by atoms with Gasteiger partial charge in [0.1, 0.15) is 0 Å². The number of fused-ring (bicyclic) bond motifs is 13. The molecule has 0 aliphatic heterocycles. The van der Waals surface area contributed by atoms with Crippen LogP contribution < -0.4 is 0 Å². The molecule has 0 heterocycles. The van der Waals surface area contributed by atoms with Gasteiger partial charge >= 0.3 is 0 Å². The number of rotatable bonds is 3. The molecule has 1 aliphatic carbocycles. The van der Waals surface area contributed by atoms with Crippen LogP contribution in [0, 0.1) is 0 Å². The van der Waals surface area contributed by atoms with E-state index in [2.05, 4.69) is 218 Å². The van der Waals surface area contributed by atoms with Gasteiger partial charge in [-0.05, 0) is 198 Å². The zero-order chi connectivity index (χ0) is 43.9. The Balaban J connectivity index is 1.08. The normalized spacial score (nSPS) is 12.7. The van der Waals surface area contributed by atoms with Crippen molar-refractivity contribution in [2.45, 2.75) is 0 Å². The maximum absolute atomic E-state index is 2.56. The second kappa shape index (κ2) is 12.5. The summed E-state index contributed by atoms with van der Waals surface area (Å²) < 4.78 is 0. The molecule has 0 saturated carbocycles. The molecule has 0 unspecified atom stereocenters. The summed E-state index contributed by atoms with van der Waals surface area (Å²) in [6, 6.07) is 83.2. The van der Waals surface area contributed by atoms with Crippen LogP contribution in [0.15, 0.2) is 218 Å². The Kier molecular flexibility index (Phi) is 6.53. The van der Waals surface area contributed by atoms with Crippen molar-refractivity contribution in [1.82, 2.24) is 0 Å². The molecule has 0 spiro atoms. The average molecular weight is 853 g/mol. The van der Waals surface area contributed by atoms with Crippen LogP contribution in [0.1, 0.15) is 0 Å². The number of hydrogen-bond acceptors (Lipinski definition) is 0. The van der Waals surface area contributed by atoms with Gasteiger partial charge in [0, 0.05) is 0 Å². The summed E-state index contributed by atoms with van der Waals surface area (Å²) in [6.07, 6.45) is 0. The van der Waals surface area contributed by atoms with Gasteiger partial charge in [-0.2, -0.15) is 0 Å². The summed E-state index contributed by atoms with van der Waals surface area (Å²) in [5.74, 6) is 0. The molecule has 17 rings (SSSR count). The maximum atomic E-state index is 2.56. The van der Waals surface area contributed by atoms with E-state index in [1.165, 1.54) is 174 Å². The van der Waals surface area contributed by atoms with Gasteiger partial charge < -0.3 is 0 Å². The largest absolute Gasteiger partial charge is 0.0622 e. The molecule has 0 heteroatoms. The fourth-order valence-corrected chi connectivity index (χ4v) is 13.5. The van der Waals surface area contributed by atoms with E-state index in [0.29, 0.717) is 0 Å². The fourth-order valence-electron chi connectivity index (χ4n) is 13.5. The first-order chi connectivity index (χ1) is 33.8.